The van der Waals surface area contributed by atoms with Crippen molar-refractivity contribution in [2.45, 2.75) is 32.3 Å². The van der Waals surface area contributed by atoms with Crippen LogP contribution in [0.15, 0.2) is 60.7 Å². The number of hydrogen-bond donors (Lipinski definition) is 0. The molecule has 2 aromatic rings. The summed E-state index contributed by atoms with van der Waals surface area (Å²) in [5, 5.41) is 0. The maximum atomic E-state index is 13.1. The van der Waals surface area contributed by atoms with E-state index in [1.54, 1.807) is 0 Å². The SMILES string of the molecule is CC(C)OP(=O)(Cc1ccccc1)Cc1ccccc1. The molecule has 0 aliphatic rings. The first-order valence-electron chi connectivity index (χ1n) is 6.92. The highest BCUT2D eigenvalue weighted by Gasteiger charge is 2.25. The molecule has 0 amide bonds. The van der Waals surface area contributed by atoms with E-state index in [9.17, 15) is 4.57 Å². The van der Waals surface area contributed by atoms with Gasteiger partial charge in [-0.3, -0.25) is 4.57 Å². The van der Waals surface area contributed by atoms with E-state index < -0.39 is 7.37 Å². The summed E-state index contributed by atoms with van der Waals surface area (Å²) >= 11 is 0. The molecule has 0 aliphatic carbocycles. The Morgan fingerprint density at radius 2 is 1.25 bits per heavy atom. The van der Waals surface area contributed by atoms with Crippen molar-refractivity contribution in [1.82, 2.24) is 0 Å². The third-order valence-corrected chi connectivity index (χ3v) is 5.44. The van der Waals surface area contributed by atoms with Crippen LogP contribution in [-0.2, 0) is 21.4 Å². The van der Waals surface area contributed by atoms with Gasteiger partial charge in [0.05, 0.1) is 18.4 Å². The molecule has 106 valence electrons. The predicted molar refractivity (Wildman–Crippen MR) is 84.1 cm³/mol. The second-order valence-corrected chi connectivity index (χ2v) is 7.73. The summed E-state index contributed by atoms with van der Waals surface area (Å²) in [5.74, 6) is 0. The molecule has 2 aromatic carbocycles. The molecule has 20 heavy (non-hydrogen) atoms. The third-order valence-electron chi connectivity index (χ3n) is 2.94. The zero-order valence-electron chi connectivity index (χ0n) is 12.0. The Bertz CT molecular complexity index is 519. The molecule has 0 fully saturated rings. The first kappa shape index (κ1) is 15.0. The Hall–Kier alpha value is -1.37. The molecule has 0 unspecified atom stereocenters. The summed E-state index contributed by atoms with van der Waals surface area (Å²) < 4.78 is 18.9. The molecule has 0 bridgehead atoms. The van der Waals surface area contributed by atoms with Gasteiger partial charge in [0.25, 0.3) is 0 Å². The molecule has 0 saturated carbocycles. The normalized spacial score (nSPS) is 11.8. The van der Waals surface area contributed by atoms with Gasteiger partial charge < -0.3 is 4.52 Å². The first-order valence-corrected chi connectivity index (χ1v) is 8.91. The molecule has 0 radical (unpaired) electrons. The van der Waals surface area contributed by atoms with Gasteiger partial charge in [-0.15, -0.1) is 0 Å². The predicted octanol–water partition coefficient (Wildman–Crippen LogP) is 5.09. The zero-order chi connectivity index (χ0) is 14.4. The standard InChI is InChI=1S/C17H21O2P/c1-15(2)19-20(18,13-16-9-5-3-6-10-16)14-17-11-7-4-8-12-17/h3-12,15H,13-14H2,1-2H3. The van der Waals surface area contributed by atoms with E-state index in [0.29, 0.717) is 12.3 Å². The second kappa shape index (κ2) is 6.88. The molecule has 0 atom stereocenters. The number of rotatable bonds is 6. The lowest BCUT2D eigenvalue weighted by Crippen LogP contribution is -2.05. The number of hydrogen-bond acceptors (Lipinski definition) is 2. The minimum atomic E-state index is -2.72. The van der Waals surface area contributed by atoms with Crippen LogP contribution in [0.1, 0.15) is 25.0 Å². The highest BCUT2D eigenvalue weighted by molar-refractivity contribution is 7.57. The summed E-state index contributed by atoms with van der Waals surface area (Å²) in [6.07, 6.45) is 0.940. The van der Waals surface area contributed by atoms with Crippen LogP contribution in [0.4, 0.5) is 0 Å². The Balaban J connectivity index is 2.19. The van der Waals surface area contributed by atoms with E-state index in [1.807, 2.05) is 74.5 Å². The van der Waals surface area contributed by atoms with E-state index >= 15 is 0 Å². The van der Waals surface area contributed by atoms with Crippen LogP contribution in [0.3, 0.4) is 0 Å². The van der Waals surface area contributed by atoms with Crippen molar-refractivity contribution in [3.05, 3.63) is 71.8 Å². The lowest BCUT2D eigenvalue weighted by atomic mass is 10.2. The highest BCUT2D eigenvalue weighted by atomic mass is 31.2. The van der Waals surface area contributed by atoms with Crippen molar-refractivity contribution in [1.29, 1.82) is 0 Å². The maximum absolute atomic E-state index is 13.1. The Kier molecular flexibility index (Phi) is 5.17. The van der Waals surface area contributed by atoms with E-state index in [4.69, 9.17) is 4.52 Å². The summed E-state index contributed by atoms with van der Waals surface area (Å²) in [5.41, 5.74) is 2.12. The van der Waals surface area contributed by atoms with Gasteiger partial charge in [0.1, 0.15) is 0 Å². The molecule has 0 saturated heterocycles. The molecule has 0 N–H and O–H groups in total. The topological polar surface area (TPSA) is 26.3 Å². The van der Waals surface area contributed by atoms with Crippen LogP contribution < -0.4 is 0 Å². The first-order chi connectivity index (χ1) is 9.57. The summed E-state index contributed by atoms with van der Waals surface area (Å²) in [4.78, 5) is 0. The van der Waals surface area contributed by atoms with Crippen LogP contribution in [0.25, 0.3) is 0 Å². The van der Waals surface area contributed by atoms with Gasteiger partial charge in [-0.25, -0.2) is 0 Å². The molecular weight excluding hydrogens is 267 g/mol. The van der Waals surface area contributed by atoms with Gasteiger partial charge in [-0.2, -0.15) is 0 Å². The van der Waals surface area contributed by atoms with E-state index in [2.05, 4.69) is 0 Å². The summed E-state index contributed by atoms with van der Waals surface area (Å²) in [6, 6.07) is 19.8. The molecular formula is C17H21O2P. The van der Waals surface area contributed by atoms with Crippen molar-refractivity contribution < 1.29 is 9.09 Å². The Labute approximate surface area is 121 Å². The molecule has 0 aromatic heterocycles. The molecule has 0 aliphatic heterocycles. The molecule has 2 rings (SSSR count). The van der Waals surface area contributed by atoms with Crippen molar-refractivity contribution in [2.75, 3.05) is 0 Å². The average molecular weight is 288 g/mol. The minimum absolute atomic E-state index is 0.0340. The van der Waals surface area contributed by atoms with Crippen LogP contribution in [-0.4, -0.2) is 6.10 Å². The minimum Gasteiger partial charge on any atom is -0.325 e. The quantitative estimate of drug-likeness (QED) is 0.692. The van der Waals surface area contributed by atoms with E-state index in [-0.39, 0.29) is 6.10 Å². The molecule has 3 heteroatoms. The van der Waals surface area contributed by atoms with E-state index in [1.165, 1.54) is 0 Å². The fraction of sp³-hybridized carbons (Fsp3) is 0.294. The van der Waals surface area contributed by atoms with Gasteiger partial charge in [0, 0.05) is 0 Å². The van der Waals surface area contributed by atoms with Crippen molar-refractivity contribution in [3.63, 3.8) is 0 Å². The molecule has 0 spiro atoms. The van der Waals surface area contributed by atoms with Crippen LogP contribution >= 0.6 is 7.37 Å². The monoisotopic (exact) mass is 288 g/mol. The zero-order valence-corrected chi connectivity index (χ0v) is 12.9. The maximum Gasteiger partial charge on any atom is 0.211 e. The van der Waals surface area contributed by atoms with Gasteiger partial charge in [0.2, 0.25) is 7.37 Å². The summed E-state index contributed by atoms with van der Waals surface area (Å²) in [7, 11) is -2.72. The Morgan fingerprint density at radius 3 is 1.60 bits per heavy atom. The van der Waals surface area contributed by atoms with E-state index in [0.717, 1.165) is 11.1 Å². The van der Waals surface area contributed by atoms with Gasteiger partial charge in [0.15, 0.2) is 0 Å². The lowest BCUT2D eigenvalue weighted by molar-refractivity contribution is 0.242. The lowest BCUT2D eigenvalue weighted by Gasteiger charge is -2.21. The fourth-order valence-corrected chi connectivity index (χ4v) is 4.80. The van der Waals surface area contributed by atoms with Crippen molar-refractivity contribution >= 4 is 7.37 Å². The van der Waals surface area contributed by atoms with Crippen molar-refractivity contribution in [2.24, 2.45) is 0 Å². The van der Waals surface area contributed by atoms with Gasteiger partial charge in [-0.1, -0.05) is 60.7 Å². The Morgan fingerprint density at radius 1 is 0.850 bits per heavy atom. The van der Waals surface area contributed by atoms with Crippen LogP contribution in [0.2, 0.25) is 0 Å². The number of benzene rings is 2. The van der Waals surface area contributed by atoms with Gasteiger partial charge >= 0.3 is 0 Å². The second-order valence-electron chi connectivity index (χ2n) is 5.26. The summed E-state index contributed by atoms with van der Waals surface area (Å²) in [6.45, 7) is 3.87. The van der Waals surface area contributed by atoms with Gasteiger partial charge in [-0.05, 0) is 25.0 Å². The van der Waals surface area contributed by atoms with Crippen LogP contribution in [0.5, 0.6) is 0 Å². The highest BCUT2D eigenvalue weighted by Crippen LogP contribution is 2.54. The van der Waals surface area contributed by atoms with Crippen molar-refractivity contribution in [3.8, 4) is 0 Å². The average Bonchev–Trinajstić information content (AvgIpc) is 2.39. The van der Waals surface area contributed by atoms with Crippen LogP contribution in [0, 0.1) is 0 Å². The molecule has 2 nitrogen and oxygen atoms in total. The largest absolute Gasteiger partial charge is 0.325 e. The third kappa shape index (κ3) is 4.63. The smallest absolute Gasteiger partial charge is 0.211 e. The fourth-order valence-electron chi connectivity index (χ4n) is 2.24. The molecule has 0 heterocycles.